The molecule has 0 amide bonds. The van der Waals surface area contributed by atoms with E-state index in [9.17, 15) is 0 Å². The molecule has 1 aromatic carbocycles. The molecule has 1 rings (SSSR count). The van der Waals surface area contributed by atoms with Crippen LogP contribution in [0.2, 0.25) is 0 Å². The highest BCUT2D eigenvalue weighted by Crippen LogP contribution is 2.27. The Hall–Kier alpha value is -0.820. The van der Waals surface area contributed by atoms with Gasteiger partial charge in [0, 0.05) is 6.04 Å². The van der Waals surface area contributed by atoms with Crippen LogP contribution >= 0.6 is 0 Å². The van der Waals surface area contributed by atoms with Gasteiger partial charge in [-0.2, -0.15) is 0 Å². The van der Waals surface area contributed by atoms with E-state index in [1.165, 1.54) is 17.5 Å². The van der Waals surface area contributed by atoms with E-state index in [-0.39, 0.29) is 0 Å². The predicted octanol–water partition coefficient (Wildman–Crippen LogP) is 3.82. The Labute approximate surface area is 107 Å². The highest BCUT2D eigenvalue weighted by molar-refractivity contribution is 5.23. The molecular weight excluding hydrogens is 206 g/mol. The molecule has 17 heavy (non-hydrogen) atoms. The van der Waals surface area contributed by atoms with Crippen LogP contribution in [0.15, 0.2) is 24.3 Å². The molecule has 0 aliphatic heterocycles. The lowest BCUT2D eigenvalue weighted by Crippen LogP contribution is -2.41. The molecule has 1 aromatic rings. The fourth-order valence-electron chi connectivity index (χ4n) is 2.16. The van der Waals surface area contributed by atoms with Crippen molar-refractivity contribution in [2.75, 3.05) is 7.05 Å². The summed E-state index contributed by atoms with van der Waals surface area (Å²) < 4.78 is 0. The van der Waals surface area contributed by atoms with Crippen LogP contribution in [0, 0.1) is 5.41 Å². The SMILES string of the molecule is CCc1ccc(CC(NC)C(C)(C)CC)cc1. The number of likely N-dealkylation sites (N-methyl/N-ethyl adjacent to an activating group) is 1. The van der Waals surface area contributed by atoms with Gasteiger partial charge in [-0.05, 0) is 42.9 Å². The lowest BCUT2D eigenvalue weighted by molar-refractivity contribution is 0.240. The Balaban J connectivity index is 2.73. The van der Waals surface area contributed by atoms with Gasteiger partial charge >= 0.3 is 0 Å². The fourth-order valence-corrected chi connectivity index (χ4v) is 2.16. The van der Waals surface area contributed by atoms with Gasteiger partial charge in [0.05, 0.1) is 0 Å². The van der Waals surface area contributed by atoms with Gasteiger partial charge in [0.1, 0.15) is 0 Å². The van der Waals surface area contributed by atoms with Crippen LogP contribution in [0.5, 0.6) is 0 Å². The molecule has 0 saturated heterocycles. The molecule has 1 N–H and O–H groups in total. The van der Waals surface area contributed by atoms with Crippen molar-refractivity contribution in [3.63, 3.8) is 0 Å². The molecule has 0 aliphatic carbocycles. The Bertz CT molecular complexity index is 324. The van der Waals surface area contributed by atoms with Crippen LogP contribution in [0.1, 0.15) is 45.2 Å². The number of hydrogen-bond acceptors (Lipinski definition) is 1. The van der Waals surface area contributed by atoms with E-state index < -0.39 is 0 Å². The number of hydrogen-bond donors (Lipinski definition) is 1. The highest BCUT2D eigenvalue weighted by atomic mass is 14.9. The van der Waals surface area contributed by atoms with Gasteiger partial charge in [-0.25, -0.2) is 0 Å². The van der Waals surface area contributed by atoms with E-state index in [4.69, 9.17) is 0 Å². The van der Waals surface area contributed by atoms with Gasteiger partial charge in [-0.3, -0.25) is 0 Å². The summed E-state index contributed by atoms with van der Waals surface area (Å²) in [6.45, 7) is 9.15. The first-order valence-electron chi connectivity index (χ1n) is 6.78. The smallest absolute Gasteiger partial charge is 0.0155 e. The standard InChI is InChI=1S/C16H27N/c1-6-13-8-10-14(11-9-13)12-15(17-5)16(3,4)7-2/h8-11,15,17H,6-7,12H2,1-5H3. The maximum Gasteiger partial charge on any atom is 0.0155 e. The Morgan fingerprint density at radius 1 is 1.06 bits per heavy atom. The van der Waals surface area contributed by atoms with Gasteiger partial charge in [0.25, 0.3) is 0 Å². The van der Waals surface area contributed by atoms with Crippen molar-refractivity contribution in [3.05, 3.63) is 35.4 Å². The van der Waals surface area contributed by atoms with Crippen LogP contribution in [0.3, 0.4) is 0 Å². The minimum absolute atomic E-state index is 0.345. The lowest BCUT2D eigenvalue weighted by Gasteiger charge is -2.33. The zero-order valence-electron chi connectivity index (χ0n) is 12.0. The monoisotopic (exact) mass is 233 g/mol. The van der Waals surface area contributed by atoms with Crippen molar-refractivity contribution in [1.29, 1.82) is 0 Å². The Morgan fingerprint density at radius 2 is 1.59 bits per heavy atom. The van der Waals surface area contributed by atoms with E-state index in [1.54, 1.807) is 0 Å². The van der Waals surface area contributed by atoms with E-state index in [1.807, 2.05) is 0 Å². The van der Waals surface area contributed by atoms with Crippen molar-refractivity contribution < 1.29 is 0 Å². The van der Waals surface area contributed by atoms with Crippen LogP contribution in [0.4, 0.5) is 0 Å². The number of aryl methyl sites for hydroxylation is 1. The lowest BCUT2D eigenvalue weighted by atomic mass is 9.79. The molecule has 0 saturated carbocycles. The van der Waals surface area contributed by atoms with E-state index in [2.05, 4.69) is 64.3 Å². The molecule has 0 heterocycles. The second-order valence-corrected chi connectivity index (χ2v) is 5.56. The highest BCUT2D eigenvalue weighted by Gasteiger charge is 2.26. The zero-order chi connectivity index (χ0) is 12.9. The molecule has 0 aliphatic rings. The van der Waals surface area contributed by atoms with Crippen molar-refractivity contribution >= 4 is 0 Å². The average Bonchev–Trinajstić information content (AvgIpc) is 2.36. The summed E-state index contributed by atoms with van der Waals surface area (Å²) in [6.07, 6.45) is 3.43. The zero-order valence-corrected chi connectivity index (χ0v) is 12.0. The van der Waals surface area contributed by atoms with Crippen LogP contribution in [0.25, 0.3) is 0 Å². The van der Waals surface area contributed by atoms with Crippen LogP contribution < -0.4 is 5.32 Å². The molecule has 0 spiro atoms. The average molecular weight is 233 g/mol. The first-order chi connectivity index (χ1) is 8.03. The summed E-state index contributed by atoms with van der Waals surface area (Å²) in [5, 5.41) is 3.47. The summed E-state index contributed by atoms with van der Waals surface area (Å²) >= 11 is 0. The van der Waals surface area contributed by atoms with Crippen molar-refractivity contribution in [1.82, 2.24) is 5.32 Å². The van der Waals surface area contributed by atoms with Gasteiger partial charge in [0.15, 0.2) is 0 Å². The molecule has 1 atom stereocenters. The molecule has 0 bridgehead atoms. The molecular formula is C16H27N. The van der Waals surface area contributed by atoms with Gasteiger partial charge in [-0.1, -0.05) is 52.0 Å². The fraction of sp³-hybridized carbons (Fsp3) is 0.625. The first kappa shape index (κ1) is 14.2. The number of nitrogens with one attached hydrogen (secondary N) is 1. The largest absolute Gasteiger partial charge is 0.316 e. The Morgan fingerprint density at radius 3 is 2.00 bits per heavy atom. The molecule has 96 valence electrons. The minimum Gasteiger partial charge on any atom is -0.316 e. The van der Waals surface area contributed by atoms with Gasteiger partial charge in [0.2, 0.25) is 0 Å². The van der Waals surface area contributed by atoms with Crippen molar-refractivity contribution in [3.8, 4) is 0 Å². The Kier molecular flexibility index (Phi) is 5.20. The third-order valence-corrected chi connectivity index (χ3v) is 4.07. The maximum absolute atomic E-state index is 3.47. The molecule has 1 heteroatoms. The first-order valence-corrected chi connectivity index (χ1v) is 6.78. The summed E-state index contributed by atoms with van der Waals surface area (Å²) in [7, 11) is 2.07. The van der Waals surface area contributed by atoms with Crippen LogP contribution in [-0.2, 0) is 12.8 Å². The topological polar surface area (TPSA) is 12.0 Å². The second-order valence-electron chi connectivity index (χ2n) is 5.56. The normalized spacial score (nSPS) is 13.7. The second kappa shape index (κ2) is 6.20. The van der Waals surface area contributed by atoms with Gasteiger partial charge < -0.3 is 5.32 Å². The quantitative estimate of drug-likeness (QED) is 0.787. The maximum atomic E-state index is 3.47. The summed E-state index contributed by atoms with van der Waals surface area (Å²) in [5.74, 6) is 0. The molecule has 0 radical (unpaired) electrons. The number of benzene rings is 1. The summed E-state index contributed by atoms with van der Waals surface area (Å²) in [5.41, 5.74) is 3.20. The molecule has 1 nitrogen and oxygen atoms in total. The third-order valence-electron chi connectivity index (χ3n) is 4.07. The third kappa shape index (κ3) is 3.85. The predicted molar refractivity (Wildman–Crippen MR) is 76.4 cm³/mol. The van der Waals surface area contributed by atoms with Crippen molar-refractivity contribution in [2.45, 2.75) is 53.0 Å². The van der Waals surface area contributed by atoms with E-state index in [0.717, 1.165) is 12.8 Å². The minimum atomic E-state index is 0.345. The number of rotatable bonds is 6. The van der Waals surface area contributed by atoms with Gasteiger partial charge in [-0.15, -0.1) is 0 Å². The summed E-state index contributed by atoms with van der Waals surface area (Å²) in [6, 6.07) is 9.59. The van der Waals surface area contributed by atoms with E-state index in [0.29, 0.717) is 11.5 Å². The van der Waals surface area contributed by atoms with Crippen LogP contribution in [-0.4, -0.2) is 13.1 Å². The van der Waals surface area contributed by atoms with Crippen molar-refractivity contribution in [2.24, 2.45) is 5.41 Å². The molecule has 0 aromatic heterocycles. The summed E-state index contributed by atoms with van der Waals surface area (Å²) in [4.78, 5) is 0. The molecule has 1 unspecified atom stereocenters. The molecule has 0 fully saturated rings. The van der Waals surface area contributed by atoms with E-state index >= 15 is 0 Å².